The number of carbonyl (C=O) groups is 4. The van der Waals surface area contributed by atoms with Crippen molar-refractivity contribution in [2.45, 2.75) is 28.5 Å². The maximum atomic E-state index is 14.3. The third kappa shape index (κ3) is 4.38. The summed E-state index contributed by atoms with van der Waals surface area (Å²) in [6, 6.07) is 6.15. The number of nitrogens with zero attached hydrogens (tertiary/aromatic N) is 5. The van der Waals surface area contributed by atoms with E-state index in [1.54, 1.807) is 6.08 Å². The lowest BCUT2D eigenvalue weighted by molar-refractivity contribution is -0.392. The normalized spacial score (nSPS) is 29.3. The summed E-state index contributed by atoms with van der Waals surface area (Å²) in [5, 5.41) is 34.4. The van der Waals surface area contributed by atoms with E-state index in [1.165, 1.54) is 44.3 Å². The number of aromatic hydroxyl groups is 1. The Bertz CT molecular complexity index is 1850. The van der Waals surface area contributed by atoms with E-state index < -0.39 is 78.3 Å². The quantitative estimate of drug-likeness (QED) is 0.106. The highest BCUT2D eigenvalue weighted by atomic mass is 79.9. The topological polar surface area (TPSA) is 194 Å². The van der Waals surface area contributed by atoms with Crippen molar-refractivity contribution in [2.75, 3.05) is 36.5 Å². The van der Waals surface area contributed by atoms with Gasteiger partial charge in [-0.3, -0.25) is 44.3 Å². The number of phenols is 1. The number of imide groups is 2. The maximum Gasteiger partial charge on any atom is 0.301 e. The van der Waals surface area contributed by atoms with Gasteiger partial charge in [0.25, 0.3) is 11.8 Å². The molecule has 6 atom stereocenters. The average Bonchev–Trinajstić information content (AvgIpc) is 3.38. The average molecular weight is 767 g/mol. The summed E-state index contributed by atoms with van der Waals surface area (Å²) in [5.74, 6) is -7.56. The number of hydrogen-bond donors (Lipinski definition) is 1. The highest BCUT2D eigenvalue weighted by Gasteiger charge is 2.76. The van der Waals surface area contributed by atoms with E-state index in [2.05, 4.69) is 15.9 Å². The fourth-order valence-electron chi connectivity index (χ4n) is 7.71. The monoisotopic (exact) mass is 765 g/mol. The van der Waals surface area contributed by atoms with Gasteiger partial charge in [0.05, 0.1) is 39.9 Å². The van der Waals surface area contributed by atoms with Crippen molar-refractivity contribution in [3.8, 4) is 11.5 Å². The van der Waals surface area contributed by atoms with E-state index in [0.29, 0.717) is 16.0 Å². The van der Waals surface area contributed by atoms with Crippen LogP contribution in [-0.4, -0.2) is 79.9 Å². The zero-order valence-electron chi connectivity index (χ0n) is 25.4. The molecule has 2 heterocycles. The molecule has 0 unspecified atom stereocenters. The van der Waals surface area contributed by atoms with Crippen molar-refractivity contribution in [3.63, 3.8) is 0 Å². The van der Waals surface area contributed by atoms with Crippen molar-refractivity contribution < 1.29 is 38.9 Å². The standard InChI is InChI=1S/C30H26BrCl2N5O10/c1-34(2)24-18(37(44)45)9-14(10-19(24)38(46)47)36-25(40)16-6-5-15-17(22(16)26(36)41)11-29(32)27(42)35(12-31)28(43)30(29,33)23(15)13-4-7-20(39)21(8-13)48-3/h4-5,7-10,16-17,22-23,39H,6,11-12H2,1-3H3/t16-,17+,22-,23-,29+,30-/m0/s1. The fourth-order valence-corrected chi connectivity index (χ4v) is 9.14. The van der Waals surface area contributed by atoms with Gasteiger partial charge in [0, 0.05) is 32.1 Å². The van der Waals surface area contributed by atoms with Crippen LogP contribution in [0.5, 0.6) is 11.5 Å². The number of anilines is 2. The van der Waals surface area contributed by atoms with Gasteiger partial charge >= 0.3 is 11.4 Å². The molecular weight excluding hydrogens is 741 g/mol. The van der Waals surface area contributed by atoms with Crippen LogP contribution in [0.1, 0.15) is 24.3 Å². The number of likely N-dealkylation sites (tertiary alicyclic amines) is 1. The number of nitro groups is 2. The minimum Gasteiger partial charge on any atom is -0.504 e. The second-order valence-electron chi connectivity index (χ2n) is 12.2. The van der Waals surface area contributed by atoms with Crippen LogP contribution in [-0.2, 0) is 19.2 Å². The lowest BCUT2D eigenvalue weighted by Gasteiger charge is -2.50. The summed E-state index contributed by atoms with van der Waals surface area (Å²) < 4.78 is 5.29. The Balaban J connectivity index is 1.52. The van der Waals surface area contributed by atoms with Crippen LogP contribution in [0, 0.1) is 38.0 Å². The number of allylic oxidation sites excluding steroid dienone is 2. The molecule has 252 valence electrons. The first-order valence-electron chi connectivity index (χ1n) is 14.4. The number of benzene rings is 2. The van der Waals surface area contributed by atoms with E-state index in [4.69, 9.17) is 27.9 Å². The number of halogens is 3. The van der Waals surface area contributed by atoms with Crippen molar-refractivity contribution in [1.82, 2.24) is 4.90 Å². The maximum absolute atomic E-state index is 14.3. The second kappa shape index (κ2) is 11.4. The molecule has 48 heavy (non-hydrogen) atoms. The first kappa shape index (κ1) is 33.6. The number of amides is 4. The van der Waals surface area contributed by atoms with Crippen LogP contribution < -0.4 is 14.5 Å². The van der Waals surface area contributed by atoms with Crippen LogP contribution in [0.25, 0.3) is 0 Å². The van der Waals surface area contributed by atoms with Crippen molar-refractivity contribution in [3.05, 3.63) is 67.8 Å². The summed E-state index contributed by atoms with van der Waals surface area (Å²) in [5.41, 5.74) is -1.47. The SMILES string of the molecule is COc1cc([C@H]2C3=CC[C@@H]4C(=O)N(c5cc([N+](=O)[O-])c(N(C)C)c([N+](=O)[O-])c5)C(=O)[C@@H]4[C@@H]3C[C@@]3(Cl)C(=O)N(CBr)C(=O)[C@@]23Cl)ccc1O. The molecule has 0 spiro atoms. The lowest BCUT2D eigenvalue weighted by Crippen LogP contribution is -2.60. The number of hydrogen-bond acceptors (Lipinski definition) is 11. The zero-order chi connectivity index (χ0) is 35.2. The van der Waals surface area contributed by atoms with Crippen molar-refractivity contribution in [2.24, 2.45) is 17.8 Å². The third-order valence-corrected chi connectivity index (χ3v) is 11.6. The number of rotatable bonds is 7. The van der Waals surface area contributed by atoms with Gasteiger partial charge < -0.3 is 14.7 Å². The van der Waals surface area contributed by atoms with Crippen LogP contribution in [0.3, 0.4) is 0 Å². The fraction of sp³-hybridized carbons (Fsp3) is 0.400. The number of alkyl halides is 3. The summed E-state index contributed by atoms with van der Waals surface area (Å²) in [4.78, 5) is 77.0. The Morgan fingerprint density at radius 2 is 1.65 bits per heavy atom. The number of nitro benzene ring substituents is 2. The van der Waals surface area contributed by atoms with Crippen molar-refractivity contribution in [1.29, 1.82) is 0 Å². The summed E-state index contributed by atoms with van der Waals surface area (Å²) in [6.45, 7) is 0. The van der Waals surface area contributed by atoms with Crippen LogP contribution in [0.4, 0.5) is 22.7 Å². The molecule has 15 nitrogen and oxygen atoms in total. The molecule has 4 aliphatic rings. The summed E-state index contributed by atoms with van der Waals surface area (Å²) in [7, 11) is 4.09. The molecule has 0 aromatic heterocycles. The molecule has 2 aliphatic heterocycles. The number of ether oxygens (including phenoxy) is 1. The van der Waals surface area contributed by atoms with Gasteiger partial charge in [-0.1, -0.05) is 33.6 Å². The van der Waals surface area contributed by atoms with Crippen LogP contribution in [0.15, 0.2) is 42.0 Å². The minimum absolute atomic E-state index is 0.0180. The van der Waals surface area contributed by atoms with Gasteiger partial charge in [-0.15, -0.1) is 23.2 Å². The molecule has 2 aliphatic carbocycles. The number of phenolic OH excluding ortho intramolecular Hbond substituents is 1. The highest BCUT2D eigenvalue weighted by molar-refractivity contribution is 9.09. The Labute approximate surface area is 290 Å². The van der Waals surface area contributed by atoms with Gasteiger partial charge in [0.1, 0.15) is 0 Å². The lowest BCUT2D eigenvalue weighted by atomic mass is 9.56. The molecule has 2 saturated heterocycles. The third-order valence-electron chi connectivity index (χ3n) is 9.71. The Hall–Kier alpha value is -4.28. The second-order valence-corrected chi connectivity index (χ2v) is 13.9. The Kier molecular flexibility index (Phi) is 7.99. The van der Waals surface area contributed by atoms with Gasteiger partial charge in [0.2, 0.25) is 11.8 Å². The van der Waals surface area contributed by atoms with E-state index in [-0.39, 0.29) is 41.2 Å². The first-order chi connectivity index (χ1) is 22.5. The number of methoxy groups -OCH3 is 1. The van der Waals surface area contributed by atoms with Gasteiger partial charge in [-0.2, -0.15) is 0 Å². The van der Waals surface area contributed by atoms with Crippen LogP contribution in [0.2, 0.25) is 0 Å². The smallest absolute Gasteiger partial charge is 0.301 e. The molecule has 2 aromatic rings. The molecule has 18 heteroatoms. The molecule has 1 N–H and O–H groups in total. The van der Waals surface area contributed by atoms with Gasteiger partial charge in [-0.05, 0) is 36.5 Å². The van der Waals surface area contributed by atoms with E-state index >= 15 is 0 Å². The van der Waals surface area contributed by atoms with Gasteiger partial charge in [0.15, 0.2) is 26.9 Å². The molecule has 0 radical (unpaired) electrons. The predicted octanol–water partition coefficient (Wildman–Crippen LogP) is 4.20. The Morgan fingerprint density at radius 3 is 2.19 bits per heavy atom. The molecule has 0 bridgehead atoms. The first-order valence-corrected chi connectivity index (χ1v) is 16.3. The molecule has 4 amide bonds. The van der Waals surface area contributed by atoms with E-state index in [0.717, 1.165) is 17.0 Å². The highest BCUT2D eigenvalue weighted by Crippen LogP contribution is 2.66. The summed E-state index contributed by atoms with van der Waals surface area (Å²) >= 11 is 17.6. The van der Waals surface area contributed by atoms with Crippen LogP contribution >= 0.6 is 39.1 Å². The van der Waals surface area contributed by atoms with Gasteiger partial charge in [-0.25, -0.2) is 4.90 Å². The molecule has 1 saturated carbocycles. The Morgan fingerprint density at radius 1 is 1.02 bits per heavy atom. The predicted molar refractivity (Wildman–Crippen MR) is 175 cm³/mol. The molecule has 3 fully saturated rings. The number of carbonyl (C=O) groups excluding carboxylic acids is 4. The van der Waals surface area contributed by atoms with E-state index in [1.807, 2.05) is 0 Å². The minimum atomic E-state index is -2.10. The van der Waals surface area contributed by atoms with E-state index in [9.17, 15) is 44.5 Å². The molecular formula is C30H26BrCl2N5O10. The number of fused-ring (bicyclic) bond motifs is 4. The molecule has 6 rings (SSSR count). The largest absolute Gasteiger partial charge is 0.504 e. The van der Waals surface area contributed by atoms with Crippen molar-refractivity contribution >= 4 is 85.5 Å². The zero-order valence-corrected chi connectivity index (χ0v) is 28.5. The summed E-state index contributed by atoms with van der Waals surface area (Å²) in [6.07, 6.45) is 1.34. The molecule has 2 aromatic carbocycles.